The van der Waals surface area contributed by atoms with Crippen LogP contribution in [0.4, 0.5) is 5.69 Å². The molecule has 4 heteroatoms. The van der Waals surface area contributed by atoms with Crippen molar-refractivity contribution >= 4 is 27.5 Å². The Hall–Kier alpha value is -0.900. The van der Waals surface area contributed by atoms with Crippen LogP contribution in [-0.2, 0) is 4.79 Å². The molecule has 0 bridgehead atoms. The molecule has 2 rings (SSSR count). The van der Waals surface area contributed by atoms with Gasteiger partial charge in [0.15, 0.2) is 0 Å². The molecule has 1 saturated heterocycles. The van der Waals surface area contributed by atoms with Crippen molar-refractivity contribution in [2.75, 3.05) is 11.4 Å². The first-order chi connectivity index (χ1) is 6.70. The van der Waals surface area contributed by atoms with Crippen LogP contribution in [0.5, 0.6) is 0 Å². The van der Waals surface area contributed by atoms with Crippen LogP contribution in [0.3, 0.4) is 0 Å². The highest BCUT2D eigenvalue weighted by molar-refractivity contribution is 9.10. The molecule has 1 aliphatic rings. The Morgan fingerprint density at radius 1 is 1.64 bits per heavy atom. The van der Waals surface area contributed by atoms with Crippen LogP contribution in [0.2, 0.25) is 0 Å². The van der Waals surface area contributed by atoms with Crippen LogP contribution >= 0.6 is 15.9 Å². The Morgan fingerprint density at radius 3 is 3.00 bits per heavy atom. The zero-order valence-electron chi connectivity index (χ0n) is 7.90. The van der Waals surface area contributed by atoms with Gasteiger partial charge in [-0.3, -0.25) is 9.78 Å². The number of alkyl halides is 1. The zero-order chi connectivity index (χ0) is 10.1. The van der Waals surface area contributed by atoms with Gasteiger partial charge >= 0.3 is 0 Å². The number of anilines is 1. The zero-order valence-corrected chi connectivity index (χ0v) is 9.49. The first-order valence-corrected chi connectivity index (χ1v) is 5.49. The quantitative estimate of drug-likeness (QED) is 0.718. The van der Waals surface area contributed by atoms with Crippen molar-refractivity contribution in [3.63, 3.8) is 0 Å². The molecule has 0 spiro atoms. The minimum atomic E-state index is -0.0258. The van der Waals surface area contributed by atoms with Gasteiger partial charge in [0.05, 0.1) is 16.2 Å². The van der Waals surface area contributed by atoms with Gasteiger partial charge < -0.3 is 4.90 Å². The van der Waals surface area contributed by atoms with E-state index in [4.69, 9.17) is 0 Å². The lowest BCUT2D eigenvalue weighted by Crippen LogP contribution is -2.27. The summed E-state index contributed by atoms with van der Waals surface area (Å²) in [5, 5.41) is 0. The molecule has 0 N–H and O–H groups in total. The van der Waals surface area contributed by atoms with Crippen LogP contribution in [0.15, 0.2) is 18.3 Å². The van der Waals surface area contributed by atoms with E-state index in [0.29, 0.717) is 0 Å². The van der Waals surface area contributed by atoms with E-state index < -0.39 is 0 Å². The largest absolute Gasteiger partial charge is 0.310 e. The van der Waals surface area contributed by atoms with Crippen LogP contribution in [-0.4, -0.2) is 22.3 Å². The van der Waals surface area contributed by atoms with Crippen LogP contribution in [0.1, 0.15) is 12.1 Å². The van der Waals surface area contributed by atoms with Crippen molar-refractivity contribution in [1.29, 1.82) is 0 Å². The van der Waals surface area contributed by atoms with Gasteiger partial charge in [0, 0.05) is 12.7 Å². The number of carbonyl (C=O) groups is 1. The van der Waals surface area contributed by atoms with Crippen LogP contribution in [0, 0.1) is 6.92 Å². The molecule has 14 heavy (non-hydrogen) atoms. The number of hydrogen-bond acceptors (Lipinski definition) is 2. The Morgan fingerprint density at radius 2 is 2.43 bits per heavy atom. The molecule has 1 aromatic rings. The van der Waals surface area contributed by atoms with Crippen molar-refractivity contribution in [3.05, 3.63) is 24.0 Å². The van der Waals surface area contributed by atoms with E-state index >= 15 is 0 Å². The molecule has 0 radical (unpaired) electrons. The second-order valence-corrected chi connectivity index (χ2v) is 4.46. The molecule has 0 saturated carbocycles. The highest BCUT2D eigenvalue weighted by Gasteiger charge is 2.31. The van der Waals surface area contributed by atoms with Gasteiger partial charge in [0.1, 0.15) is 0 Å². The number of aryl methyl sites for hydroxylation is 1. The predicted molar refractivity (Wildman–Crippen MR) is 58.7 cm³/mol. The van der Waals surface area contributed by atoms with Crippen molar-refractivity contribution in [2.24, 2.45) is 0 Å². The average Bonchev–Trinajstić information content (AvgIpc) is 2.49. The van der Waals surface area contributed by atoms with Gasteiger partial charge in [-0.25, -0.2) is 0 Å². The summed E-state index contributed by atoms with van der Waals surface area (Å²) in [4.78, 5) is 17.7. The van der Waals surface area contributed by atoms with Gasteiger partial charge in [-0.15, -0.1) is 0 Å². The monoisotopic (exact) mass is 254 g/mol. The lowest BCUT2D eigenvalue weighted by Gasteiger charge is -2.17. The maximum absolute atomic E-state index is 11.7. The lowest BCUT2D eigenvalue weighted by atomic mass is 10.3. The number of rotatable bonds is 1. The molecule has 1 fully saturated rings. The van der Waals surface area contributed by atoms with Crippen LogP contribution < -0.4 is 4.90 Å². The molecule has 3 nitrogen and oxygen atoms in total. The van der Waals surface area contributed by atoms with Gasteiger partial charge in [-0.1, -0.05) is 15.9 Å². The molecule has 1 aromatic heterocycles. The summed E-state index contributed by atoms with van der Waals surface area (Å²) >= 11 is 3.35. The van der Waals surface area contributed by atoms with E-state index in [0.717, 1.165) is 24.3 Å². The molecule has 1 atom stereocenters. The van der Waals surface area contributed by atoms with Crippen molar-refractivity contribution in [2.45, 2.75) is 18.2 Å². The average molecular weight is 255 g/mol. The maximum Gasteiger partial charge on any atom is 0.240 e. The SMILES string of the molecule is Cc1ncccc1N1CCC(Br)C1=O. The third-order valence-corrected chi connectivity index (χ3v) is 3.26. The van der Waals surface area contributed by atoms with Gasteiger partial charge in [-0.2, -0.15) is 0 Å². The molecular weight excluding hydrogens is 244 g/mol. The third-order valence-electron chi connectivity index (χ3n) is 2.41. The summed E-state index contributed by atoms with van der Waals surface area (Å²) in [7, 11) is 0. The van der Waals surface area contributed by atoms with E-state index in [-0.39, 0.29) is 10.7 Å². The third kappa shape index (κ3) is 1.54. The topological polar surface area (TPSA) is 33.2 Å². The van der Waals surface area contributed by atoms with Crippen molar-refractivity contribution in [1.82, 2.24) is 4.98 Å². The standard InChI is InChI=1S/C10H11BrN2O/c1-7-9(3-2-5-12-7)13-6-4-8(11)10(13)14/h2-3,5,8H,4,6H2,1H3. The van der Waals surface area contributed by atoms with E-state index in [1.54, 1.807) is 11.1 Å². The number of hydrogen-bond donors (Lipinski definition) is 0. The number of halogens is 1. The minimum absolute atomic E-state index is 0.0258. The summed E-state index contributed by atoms with van der Waals surface area (Å²) in [5.74, 6) is 0.140. The van der Waals surface area contributed by atoms with Crippen LogP contribution in [0.25, 0.3) is 0 Å². The van der Waals surface area contributed by atoms with E-state index in [9.17, 15) is 4.79 Å². The summed E-state index contributed by atoms with van der Waals surface area (Å²) in [6, 6.07) is 3.79. The number of nitrogens with zero attached hydrogens (tertiary/aromatic N) is 2. The molecule has 74 valence electrons. The first-order valence-electron chi connectivity index (χ1n) is 4.57. The molecular formula is C10H11BrN2O. The summed E-state index contributed by atoms with van der Waals surface area (Å²) in [6.45, 7) is 2.70. The summed E-state index contributed by atoms with van der Waals surface area (Å²) < 4.78 is 0. The highest BCUT2D eigenvalue weighted by Crippen LogP contribution is 2.26. The molecule has 0 aliphatic carbocycles. The number of carbonyl (C=O) groups excluding carboxylic acids is 1. The lowest BCUT2D eigenvalue weighted by molar-refractivity contribution is -0.116. The van der Waals surface area contributed by atoms with Gasteiger partial charge in [-0.05, 0) is 25.5 Å². The predicted octanol–water partition coefficient (Wildman–Crippen LogP) is 1.89. The Labute approximate surface area is 91.3 Å². The fourth-order valence-electron chi connectivity index (χ4n) is 1.65. The Kier molecular flexibility index (Phi) is 2.54. The molecule has 1 amide bonds. The minimum Gasteiger partial charge on any atom is -0.310 e. The number of amides is 1. The first kappa shape index (κ1) is 9.65. The van der Waals surface area contributed by atoms with E-state index in [1.807, 2.05) is 19.1 Å². The van der Waals surface area contributed by atoms with E-state index in [2.05, 4.69) is 20.9 Å². The molecule has 2 heterocycles. The van der Waals surface area contributed by atoms with Gasteiger partial charge in [0.2, 0.25) is 5.91 Å². The number of aromatic nitrogens is 1. The normalized spacial score (nSPS) is 21.7. The fourth-order valence-corrected chi connectivity index (χ4v) is 2.10. The van der Waals surface area contributed by atoms with Crippen molar-refractivity contribution < 1.29 is 4.79 Å². The fraction of sp³-hybridized carbons (Fsp3) is 0.400. The second kappa shape index (κ2) is 3.69. The smallest absolute Gasteiger partial charge is 0.240 e. The van der Waals surface area contributed by atoms with Crippen molar-refractivity contribution in [3.8, 4) is 0 Å². The highest BCUT2D eigenvalue weighted by atomic mass is 79.9. The Bertz CT molecular complexity index is 367. The molecule has 1 aliphatic heterocycles. The number of pyridine rings is 1. The molecule has 0 aromatic carbocycles. The second-order valence-electron chi connectivity index (χ2n) is 3.35. The Balaban J connectivity index is 2.33. The van der Waals surface area contributed by atoms with E-state index in [1.165, 1.54) is 0 Å². The molecule has 1 unspecified atom stereocenters. The summed E-state index contributed by atoms with van der Waals surface area (Å²) in [5.41, 5.74) is 1.84. The summed E-state index contributed by atoms with van der Waals surface area (Å²) in [6.07, 6.45) is 2.61. The maximum atomic E-state index is 11.7. The van der Waals surface area contributed by atoms with Gasteiger partial charge in [0.25, 0.3) is 0 Å².